The molecule has 1 aliphatic rings. The number of hydrogen-bond donors (Lipinski definition) is 0. The molecule has 1 fully saturated rings. The van der Waals surface area contributed by atoms with E-state index in [1.807, 2.05) is 24.3 Å². The van der Waals surface area contributed by atoms with Crippen LogP contribution in [0.2, 0.25) is 5.02 Å². The molecule has 0 N–H and O–H groups in total. The minimum Gasteiger partial charge on any atom is -0.444 e. The smallest absolute Gasteiger partial charge is 0.415 e. The van der Waals surface area contributed by atoms with Gasteiger partial charge >= 0.3 is 6.09 Å². The molecule has 20 heavy (non-hydrogen) atoms. The molecule has 0 unspecified atom stereocenters. The Hall–Kier alpha value is -1.95. The van der Waals surface area contributed by atoms with E-state index in [1.54, 1.807) is 0 Å². The van der Waals surface area contributed by atoms with Crippen molar-refractivity contribution in [2.45, 2.75) is 6.10 Å². The highest BCUT2D eigenvalue weighted by molar-refractivity contribution is 7.23. The van der Waals surface area contributed by atoms with Crippen LogP contribution in [0.4, 0.5) is 9.80 Å². The van der Waals surface area contributed by atoms with Gasteiger partial charge in [0, 0.05) is 15.0 Å². The average molecular weight is 309 g/mol. The van der Waals surface area contributed by atoms with E-state index in [0.717, 1.165) is 10.1 Å². The molecule has 1 aliphatic heterocycles. The summed E-state index contributed by atoms with van der Waals surface area (Å²) < 4.78 is 6.16. The number of thiophene rings is 1. The summed E-state index contributed by atoms with van der Waals surface area (Å²) in [5.41, 5.74) is 8.30. The van der Waals surface area contributed by atoms with Gasteiger partial charge in [0.1, 0.15) is 11.1 Å². The second-order valence-corrected chi connectivity index (χ2v) is 5.66. The molecule has 8 heteroatoms. The molecule has 0 radical (unpaired) electrons. The summed E-state index contributed by atoms with van der Waals surface area (Å²) in [5, 5.41) is 5.56. The van der Waals surface area contributed by atoms with Gasteiger partial charge in [-0.1, -0.05) is 34.9 Å². The Morgan fingerprint density at radius 3 is 3.10 bits per heavy atom. The number of azide groups is 1. The standard InChI is InChI=1S/C12H9ClN4O2S/c13-10-8-3-1-2-4-9(8)20-11(10)17-6-7(5-15-16-14)19-12(17)18/h1-4,7H,5-6H2/t7-/m0/s1. The van der Waals surface area contributed by atoms with Crippen LogP contribution in [0.15, 0.2) is 29.4 Å². The molecule has 1 atom stereocenters. The van der Waals surface area contributed by atoms with E-state index >= 15 is 0 Å². The van der Waals surface area contributed by atoms with Crippen LogP contribution in [0, 0.1) is 0 Å². The number of halogens is 1. The molecule has 0 bridgehead atoms. The van der Waals surface area contributed by atoms with E-state index < -0.39 is 12.2 Å². The van der Waals surface area contributed by atoms with Gasteiger partial charge in [-0.05, 0) is 11.6 Å². The van der Waals surface area contributed by atoms with Gasteiger partial charge in [-0.15, -0.1) is 11.3 Å². The molecule has 2 aromatic rings. The fourth-order valence-electron chi connectivity index (χ4n) is 2.08. The van der Waals surface area contributed by atoms with Crippen LogP contribution in [0.5, 0.6) is 0 Å². The van der Waals surface area contributed by atoms with Crippen molar-refractivity contribution in [2.24, 2.45) is 5.11 Å². The summed E-state index contributed by atoms with van der Waals surface area (Å²) in [6.45, 7) is 0.464. The molecule has 102 valence electrons. The third-order valence-electron chi connectivity index (χ3n) is 2.99. The van der Waals surface area contributed by atoms with E-state index in [1.165, 1.54) is 16.2 Å². The van der Waals surface area contributed by atoms with Crippen molar-refractivity contribution in [2.75, 3.05) is 18.0 Å². The van der Waals surface area contributed by atoms with Crippen LogP contribution in [0.1, 0.15) is 0 Å². The van der Waals surface area contributed by atoms with Crippen LogP contribution in [0.3, 0.4) is 0 Å². The van der Waals surface area contributed by atoms with Gasteiger partial charge in [-0.2, -0.15) is 0 Å². The first-order chi connectivity index (χ1) is 9.70. The van der Waals surface area contributed by atoms with E-state index in [2.05, 4.69) is 10.0 Å². The van der Waals surface area contributed by atoms with Crippen molar-refractivity contribution in [1.29, 1.82) is 0 Å². The fourth-order valence-corrected chi connectivity index (χ4v) is 3.62. The minimum atomic E-state index is -0.461. The molecule has 3 rings (SSSR count). The number of rotatable bonds is 3. The maximum Gasteiger partial charge on any atom is 0.415 e. The largest absolute Gasteiger partial charge is 0.444 e. The molecule has 2 heterocycles. The molecule has 1 amide bonds. The summed E-state index contributed by atoms with van der Waals surface area (Å²) in [6, 6.07) is 7.69. The molecule has 1 saturated heterocycles. The number of hydrogen-bond acceptors (Lipinski definition) is 4. The van der Waals surface area contributed by atoms with Gasteiger partial charge in [0.15, 0.2) is 0 Å². The molecule has 1 aromatic carbocycles. The predicted octanol–water partition coefficient (Wildman–Crippen LogP) is 4.19. The summed E-state index contributed by atoms with van der Waals surface area (Å²) >= 11 is 7.77. The number of carbonyl (C=O) groups is 1. The number of cyclic esters (lactones) is 1. The number of benzene rings is 1. The van der Waals surface area contributed by atoms with E-state index in [4.69, 9.17) is 21.9 Å². The van der Waals surface area contributed by atoms with Crippen molar-refractivity contribution < 1.29 is 9.53 Å². The first-order valence-electron chi connectivity index (χ1n) is 5.86. The third kappa shape index (κ3) is 2.16. The van der Waals surface area contributed by atoms with Crippen LogP contribution in [-0.4, -0.2) is 25.3 Å². The van der Waals surface area contributed by atoms with Gasteiger partial charge in [0.25, 0.3) is 0 Å². The minimum absolute atomic E-state index is 0.126. The Kier molecular flexibility index (Phi) is 3.40. The quantitative estimate of drug-likeness (QED) is 0.484. The highest BCUT2D eigenvalue weighted by atomic mass is 35.5. The molecule has 1 aromatic heterocycles. The van der Waals surface area contributed by atoms with Crippen LogP contribution in [-0.2, 0) is 4.74 Å². The Morgan fingerprint density at radius 2 is 2.35 bits per heavy atom. The first-order valence-corrected chi connectivity index (χ1v) is 7.06. The van der Waals surface area contributed by atoms with Crippen molar-refractivity contribution in [1.82, 2.24) is 0 Å². The topological polar surface area (TPSA) is 78.3 Å². The van der Waals surface area contributed by atoms with Gasteiger partial charge in [0.2, 0.25) is 0 Å². The summed E-state index contributed by atoms with van der Waals surface area (Å²) in [7, 11) is 0. The lowest BCUT2D eigenvalue weighted by atomic mass is 10.2. The number of amides is 1. The lowest BCUT2D eigenvalue weighted by Gasteiger charge is -2.10. The van der Waals surface area contributed by atoms with Gasteiger partial charge in [0.05, 0.1) is 18.1 Å². The van der Waals surface area contributed by atoms with Crippen LogP contribution < -0.4 is 4.90 Å². The Labute approximate surface area is 123 Å². The number of anilines is 1. The number of carbonyl (C=O) groups excluding carboxylic acids is 1. The monoisotopic (exact) mass is 308 g/mol. The molecular weight excluding hydrogens is 300 g/mol. The Balaban J connectivity index is 1.93. The highest BCUT2D eigenvalue weighted by Gasteiger charge is 2.34. The van der Waals surface area contributed by atoms with Crippen LogP contribution >= 0.6 is 22.9 Å². The number of nitrogens with zero attached hydrogens (tertiary/aromatic N) is 4. The number of ether oxygens (including phenoxy) is 1. The van der Waals surface area contributed by atoms with Gasteiger partial charge < -0.3 is 4.74 Å². The summed E-state index contributed by atoms with van der Waals surface area (Å²) in [4.78, 5) is 16.1. The Bertz CT molecular complexity index is 725. The van der Waals surface area contributed by atoms with Crippen molar-refractivity contribution in [3.8, 4) is 0 Å². The first kappa shape index (κ1) is 13.1. The lowest BCUT2D eigenvalue weighted by molar-refractivity contribution is 0.145. The van der Waals surface area contributed by atoms with E-state index in [0.29, 0.717) is 16.6 Å². The SMILES string of the molecule is [N-]=[N+]=NC[C@H]1CN(c2sc3ccccc3c2Cl)C(=O)O1. The zero-order valence-corrected chi connectivity index (χ0v) is 11.8. The van der Waals surface area contributed by atoms with Gasteiger partial charge in [-0.3, -0.25) is 4.90 Å². The number of fused-ring (bicyclic) bond motifs is 1. The summed E-state index contributed by atoms with van der Waals surface area (Å²) in [5.74, 6) is 0. The average Bonchev–Trinajstić information content (AvgIpc) is 2.98. The second kappa shape index (κ2) is 5.20. The zero-order valence-electron chi connectivity index (χ0n) is 10.2. The maximum atomic E-state index is 11.9. The van der Waals surface area contributed by atoms with Gasteiger partial charge in [-0.25, -0.2) is 4.79 Å². The highest BCUT2D eigenvalue weighted by Crippen LogP contribution is 2.43. The van der Waals surface area contributed by atoms with E-state index in [-0.39, 0.29) is 6.54 Å². The van der Waals surface area contributed by atoms with Crippen molar-refractivity contribution in [3.05, 3.63) is 39.7 Å². The predicted molar refractivity (Wildman–Crippen MR) is 78.5 cm³/mol. The van der Waals surface area contributed by atoms with Crippen LogP contribution in [0.25, 0.3) is 20.5 Å². The van der Waals surface area contributed by atoms with E-state index in [9.17, 15) is 4.79 Å². The summed E-state index contributed by atoms with van der Waals surface area (Å²) in [6.07, 6.45) is -0.892. The molecular formula is C12H9ClN4O2S. The van der Waals surface area contributed by atoms with Crippen molar-refractivity contribution in [3.63, 3.8) is 0 Å². The maximum absolute atomic E-state index is 11.9. The Morgan fingerprint density at radius 1 is 1.55 bits per heavy atom. The molecule has 0 saturated carbocycles. The zero-order chi connectivity index (χ0) is 14.1. The van der Waals surface area contributed by atoms with Crippen molar-refractivity contribution >= 4 is 44.1 Å². The lowest BCUT2D eigenvalue weighted by Crippen LogP contribution is -2.24. The normalized spacial score (nSPS) is 18.1. The molecule has 0 aliphatic carbocycles. The molecule has 0 spiro atoms. The third-order valence-corrected chi connectivity index (χ3v) is 4.67. The fraction of sp³-hybridized carbons (Fsp3) is 0.250. The molecule has 6 nitrogen and oxygen atoms in total. The second-order valence-electron chi connectivity index (χ2n) is 4.25.